The molecule has 1 unspecified atom stereocenters. The van der Waals surface area contributed by atoms with E-state index in [-0.39, 0.29) is 5.04 Å². The average Bonchev–Trinajstić information content (AvgIpc) is 2.73. The second-order valence-electron chi connectivity index (χ2n) is 7.29. The van der Waals surface area contributed by atoms with Crippen LogP contribution in [0.4, 0.5) is 0 Å². The van der Waals surface area contributed by atoms with Gasteiger partial charge in [-0.05, 0) is 36.5 Å². The van der Waals surface area contributed by atoms with Gasteiger partial charge in [-0.2, -0.15) is 0 Å². The lowest BCUT2D eigenvalue weighted by Crippen LogP contribution is -2.39. The van der Waals surface area contributed by atoms with Gasteiger partial charge < -0.3 is 4.53 Å². The Hall–Kier alpha value is -1.09. The SMILES string of the molecule is CCC1Cc2ccccc2/C1=N/O[Si](C)(C)C(C)(C)C. The van der Waals surface area contributed by atoms with Gasteiger partial charge in [0, 0.05) is 11.5 Å². The summed E-state index contributed by atoms with van der Waals surface area (Å²) >= 11 is 0. The Morgan fingerprint density at radius 1 is 1.25 bits per heavy atom. The molecule has 2 rings (SSSR count). The van der Waals surface area contributed by atoms with Crippen LogP contribution in [0.3, 0.4) is 0 Å². The molecule has 20 heavy (non-hydrogen) atoms. The number of fused-ring (bicyclic) bond motifs is 1. The van der Waals surface area contributed by atoms with Crippen LogP contribution in [0.1, 0.15) is 45.2 Å². The molecule has 2 nitrogen and oxygen atoms in total. The Balaban J connectivity index is 2.29. The van der Waals surface area contributed by atoms with Crippen molar-refractivity contribution in [1.29, 1.82) is 0 Å². The van der Waals surface area contributed by atoms with E-state index in [0.717, 1.165) is 18.6 Å². The molecule has 0 saturated carbocycles. The Labute approximate surface area is 124 Å². The van der Waals surface area contributed by atoms with Crippen LogP contribution < -0.4 is 0 Å². The van der Waals surface area contributed by atoms with Gasteiger partial charge in [-0.3, -0.25) is 0 Å². The van der Waals surface area contributed by atoms with Gasteiger partial charge in [-0.25, -0.2) is 0 Å². The van der Waals surface area contributed by atoms with Crippen LogP contribution in [0.5, 0.6) is 0 Å². The van der Waals surface area contributed by atoms with E-state index in [1.165, 1.54) is 11.1 Å². The molecule has 0 heterocycles. The Bertz CT molecular complexity index is 514. The van der Waals surface area contributed by atoms with Gasteiger partial charge in [0.2, 0.25) is 0 Å². The highest BCUT2D eigenvalue weighted by molar-refractivity contribution is 6.74. The first-order chi connectivity index (χ1) is 9.26. The van der Waals surface area contributed by atoms with Crippen LogP contribution in [0.2, 0.25) is 18.1 Å². The molecule has 1 atom stereocenters. The van der Waals surface area contributed by atoms with E-state index in [2.05, 4.69) is 70.2 Å². The molecule has 0 spiro atoms. The zero-order valence-electron chi connectivity index (χ0n) is 13.7. The normalized spacial score (nSPS) is 21.1. The average molecular weight is 289 g/mol. The summed E-state index contributed by atoms with van der Waals surface area (Å²) in [7, 11) is -1.82. The molecule has 0 radical (unpaired) electrons. The Kier molecular flexibility index (Phi) is 4.10. The molecular weight excluding hydrogens is 262 g/mol. The van der Waals surface area contributed by atoms with E-state index in [4.69, 9.17) is 4.53 Å². The van der Waals surface area contributed by atoms with Gasteiger partial charge in [-0.1, -0.05) is 52.0 Å². The van der Waals surface area contributed by atoms with Crippen molar-refractivity contribution in [2.75, 3.05) is 0 Å². The zero-order valence-corrected chi connectivity index (χ0v) is 14.7. The molecule has 1 aliphatic rings. The minimum Gasteiger partial charge on any atom is -0.455 e. The van der Waals surface area contributed by atoms with Crippen molar-refractivity contribution < 1.29 is 4.53 Å². The molecule has 0 N–H and O–H groups in total. The van der Waals surface area contributed by atoms with Crippen LogP contribution >= 0.6 is 0 Å². The van der Waals surface area contributed by atoms with Gasteiger partial charge in [-0.15, -0.1) is 5.16 Å². The van der Waals surface area contributed by atoms with Crippen LogP contribution in [0, 0.1) is 5.92 Å². The minimum atomic E-state index is -1.82. The first kappa shape index (κ1) is 15.3. The predicted molar refractivity (Wildman–Crippen MR) is 88.7 cm³/mol. The van der Waals surface area contributed by atoms with E-state index in [0.29, 0.717) is 5.92 Å². The summed E-state index contributed by atoms with van der Waals surface area (Å²) in [4.78, 5) is 0. The molecule has 0 fully saturated rings. The Morgan fingerprint density at radius 2 is 1.90 bits per heavy atom. The lowest BCUT2D eigenvalue weighted by molar-refractivity contribution is 0.305. The number of hydrogen-bond donors (Lipinski definition) is 0. The molecule has 1 aliphatic carbocycles. The molecule has 3 heteroatoms. The maximum absolute atomic E-state index is 6.09. The third kappa shape index (κ3) is 2.83. The first-order valence-electron chi connectivity index (χ1n) is 7.60. The summed E-state index contributed by atoms with van der Waals surface area (Å²) in [5.74, 6) is 0.511. The fourth-order valence-electron chi connectivity index (χ4n) is 2.29. The van der Waals surface area contributed by atoms with Gasteiger partial charge in [0.1, 0.15) is 0 Å². The van der Waals surface area contributed by atoms with Crippen LogP contribution in [0.15, 0.2) is 29.4 Å². The number of oxime groups is 1. The van der Waals surface area contributed by atoms with Gasteiger partial charge in [0.15, 0.2) is 0 Å². The van der Waals surface area contributed by atoms with Crippen LogP contribution in [-0.4, -0.2) is 14.0 Å². The van der Waals surface area contributed by atoms with Crippen molar-refractivity contribution in [1.82, 2.24) is 0 Å². The molecule has 1 aromatic rings. The number of hydrogen-bond acceptors (Lipinski definition) is 2. The highest BCUT2D eigenvalue weighted by Gasteiger charge is 2.40. The van der Waals surface area contributed by atoms with E-state index in [1.54, 1.807) is 0 Å². The number of nitrogens with zero attached hydrogens (tertiary/aromatic N) is 1. The molecule has 0 saturated heterocycles. The molecular formula is C17H27NOSi. The summed E-state index contributed by atoms with van der Waals surface area (Å²) in [6.45, 7) is 13.5. The lowest BCUT2D eigenvalue weighted by Gasteiger charge is -2.33. The molecule has 0 amide bonds. The standard InChI is InChI=1S/C17H27NOSi/c1-7-13-12-14-10-8-9-11-15(14)16(13)18-19-20(5,6)17(2,3)4/h8-11,13H,7,12H2,1-6H3/b18-16+. The first-order valence-corrected chi connectivity index (χ1v) is 10.5. The van der Waals surface area contributed by atoms with Gasteiger partial charge in [0.25, 0.3) is 8.32 Å². The summed E-state index contributed by atoms with van der Waals surface area (Å²) < 4.78 is 6.09. The van der Waals surface area contributed by atoms with Crippen molar-refractivity contribution in [2.24, 2.45) is 11.1 Å². The highest BCUT2D eigenvalue weighted by Crippen LogP contribution is 2.37. The monoisotopic (exact) mass is 289 g/mol. The summed E-state index contributed by atoms with van der Waals surface area (Å²) in [5.41, 5.74) is 3.86. The summed E-state index contributed by atoms with van der Waals surface area (Å²) in [6.07, 6.45) is 2.22. The van der Waals surface area contributed by atoms with Crippen molar-refractivity contribution in [3.05, 3.63) is 35.4 Å². The molecule has 0 aromatic heterocycles. The van der Waals surface area contributed by atoms with Crippen LogP contribution in [-0.2, 0) is 10.9 Å². The smallest absolute Gasteiger partial charge is 0.286 e. The van der Waals surface area contributed by atoms with E-state index >= 15 is 0 Å². The second-order valence-corrected chi connectivity index (χ2v) is 12.0. The fraction of sp³-hybridized carbons (Fsp3) is 0.588. The highest BCUT2D eigenvalue weighted by atomic mass is 28.4. The third-order valence-electron chi connectivity index (χ3n) is 4.82. The van der Waals surface area contributed by atoms with E-state index in [1.807, 2.05) is 0 Å². The zero-order chi connectivity index (χ0) is 15.0. The summed E-state index contributed by atoms with van der Waals surface area (Å²) in [6, 6.07) is 8.60. The van der Waals surface area contributed by atoms with E-state index < -0.39 is 8.32 Å². The molecule has 1 aromatic carbocycles. The van der Waals surface area contributed by atoms with Gasteiger partial charge >= 0.3 is 0 Å². The number of rotatable bonds is 3. The van der Waals surface area contributed by atoms with Crippen molar-refractivity contribution in [3.63, 3.8) is 0 Å². The van der Waals surface area contributed by atoms with E-state index in [9.17, 15) is 0 Å². The maximum atomic E-state index is 6.09. The Morgan fingerprint density at radius 3 is 2.50 bits per heavy atom. The third-order valence-corrected chi connectivity index (χ3v) is 8.98. The molecule has 110 valence electrons. The molecule has 0 bridgehead atoms. The second kappa shape index (κ2) is 5.36. The maximum Gasteiger partial charge on any atom is 0.286 e. The quantitative estimate of drug-likeness (QED) is 0.567. The molecule has 0 aliphatic heterocycles. The number of benzene rings is 1. The van der Waals surface area contributed by atoms with Crippen molar-refractivity contribution >= 4 is 14.0 Å². The van der Waals surface area contributed by atoms with Crippen molar-refractivity contribution in [2.45, 2.75) is 58.7 Å². The predicted octanol–water partition coefficient (Wildman–Crippen LogP) is 4.99. The summed E-state index contributed by atoms with van der Waals surface area (Å²) in [5, 5.41) is 4.82. The topological polar surface area (TPSA) is 21.6 Å². The van der Waals surface area contributed by atoms with Gasteiger partial charge in [0.05, 0.1) is 5.71 Å². The van der Waals surface area contributed by atoms with Crippen LogP contribution in [0.25, 0.3) is 0 Å². The minimum absolute atomic E-state index is 0.191. The van der Waals surface area contributed by atoms with Crippen molar-refractivity contribution in [3.8, 4) is 0 Å². The lowest BCUT2D eigenvalue weighted by atomic mass is 10.0. The fourth-order valence-corrected chi connectivity index (χ4v) is 2.89. The largest absolute Gasteiger partial charge is 0.455 e.